The number of fused-ring (bicyclic) bond motifs is 1. The summed E-state index contributed by atoms with van der Waals surface area (Å²) in [5.41, 5.74) is 3.25. The number of anilines is 1. The first kappa shape index (κ1) is 23.4. The van der Waals surface area contributed by atoms with Crippen molar-refractivity contribution in [3.63, 3.8) is 0 Å². The summed E-state index contributed by atoms with van der Waals surface area (Å²) in [6, 6.07) is 19.4. The molecule has 1 heterocycles. The van der Waals surface area contributed by atoms with Crippen LogP contribution in [0.5, 0.6) is 0 Å². The van der Waals surface area contributed by atoms with Crippen molar-refractivity contribution in [3.8, 4) is 12.1 Å². The molecule has 180 valence electrons. The maximum absolute atomic E-state index is 13.5. The lowest BCUT2D eigenvalue weighted by molar-refractivity contribution is 0.142. The number of carbonyl (C=O) groups excluding carboxylic acids is 1. The first-order valence-corrected chi connectivity index (χ1v) is 12.5. The van der Waals surface area contributed by atoms with Gasteiger partial charge in [-0.25, -0.2) is 4.79 Å². The van der Waals surface area contributed by atoms with Gasteiger partial charge in [-0.1, -0.05) is 18.2 Å². The molecular weight excluding hydrogens is 438 g/mol. The summed E-state index contributed by atoms with van der Waals surface area (Å²) < 4.78 is 0. The van der Waals surface area contributed by atoms with Crippen LogP contribution in [-0.4, -0.2) is 59.3 Å². The highest BCUT2D eigenvalue weighted by Crippen LogP contribution is 2.62. The van der Waals surface area contributed by atoms with Crippen LogP contribution in [0.4, 0.5) is 10.5 Å². The zero-order valence-corrected chi connectivity index (χ0v) is 19.9. The molecule has 2 N–H and O–H groups in total. The molecular formula is C28H31N5O2. The number of nitrogens with one attached hydrogen (secondary N) is 1. The minimum absolute atomic E-state index is 0.135. The fraction of sp³-hybridized carbons (Fsp3) is 0.464. The van der Waals surface area contributed by atoms with Crippen molar-refractivity contribution in [3.05, 3.63) is 65.2 Å². The Balaban J connectivity index is 1.30. The number of β-amino-alcohol motifs (C(OH)–C–C–N with tert-alkyl or cyclic N) is 1. The quantitative estimate of drug-likeness (QED) is 0.669. The van der Waals surface area contributed by atoms with Gasteiger partial charge in [0.1, 0.15) is 0 Å². The van der Waals surface area contributed by atoms with E-state index in [-0.39, 0.29) is 23.6 Å². The summed E-state index contributed by atoms with van der Waals surface area (Å²) in [5, 5.41) is 31.4. The van der Waals surface area contributed by atoms with E-state index in [4.69, 9.17) is 0 Å². The number of hydrogen-bond donors (Lipinski definition) is 2. The number of carbonyl (C=O) groups is 1. The largest absolute Gasteiger partial charge is 0.392 e. The second-order valence-electron chi connectivity index (χ2n) is 10.2. The average Bonchev–Trinajstić information content (AvgIpc) is 3.49. The smallest absolute Gasteiger partial charge is 0.322 e. The van der Waals surface area contributed by atoms with Gasteiger partial charge in [-0.05, 0) is 79.3 Å². The van der Waals surface area contributed by atoms with Gasteiger partial charge in [-0.3, -0.25) is 4.90 Å². The van der Waals surface area contributed by atoms with E-state index in [0.717, 1.165) is 45.2 Å². The molecule has 0 radical (unpaired) electrons. The van der Waals surface area contributed by atoms with E-state index < -0.39 is 0 Å². The van der Waals surface area contributed by atoms with E-state index in [1.165, 1.54) is 5.56 Å². The normalized spacial score (nSPS) is 27.3. The third-order valence-electron chi connectivity index (χ3n) is 8.13. The van der Waals surface area contributed by atoms with Gasteiger partial charge in [-0.15, -0.1) is 0 Å². The summed E-state index contributed by atoms with van der Waals surface area (Å²) in [6.45, 7) is 2.85. The molecule has 7 heteroatoms. The Bertz CT molecular complexity index is 1180. The molecule has 0 spiro atoms. The number of nitriles is 2. The SMILES string of the molecule is N#Cc1cccc(NC(=O)N(CCN2CC[C@@H](O)C2)C2CC[C@]3(c4cccc(C#N)c4)CC3C2)c1. The fourth-order valence-corrected chi connectivity index (χ4v) is 6.12. The predicted octanol–water partition coefficient (Wildman–Crippen LogP) is 3.84. The third-order valence-corrected chi connectivity index (χ3v) is 8.13. The molecule has 2 aromatic carbocycles. The highest BCUT2D eigenvalue weighted by atomic mass is 16.3. The predicted molar refractivity (Wildman–Crippen MR) is 133 cm³/mol. The summed E-state index contributed by atoms with van der Waals surface area (Å²) in [7, 11) is 0. The minimum atomic E-state index is -0.281. The highest BCUT2D eigenvalue weighted by molar-refractivity contribution is 5.89. The van der Waals surface area contributed by atoms with Crippen LogP contribution in [0.2, 0.25) is 0 Å². The molecule has 2 aromatic rings. The van der Waals surface area contributed by atoms with Crippen LogP contribution in [0.3, 0.4) is 0 Å². The lowest BCUT2D eigenvalue weighted by atomic mass is 9.80. The number of urea groups is 1. The van der Waals surface area contributed by atoms with Gasteiger partial charge in [0.15, 0.2) is 0 Å². The van der Waals surface area contributed by atoms with E-state index in [1.54, 1.807) is 18.2 Å². The Kier molecular flexibility index (Phi) is 6.47. The molecule has 3 fully saturated rings. The van der Waals surface area contributed by atoms with Crippen molar-refractivity contribution in [2.24, 2.45) is 5.92 Å². The Labute approximate surface area is 206 Å². The lowest BCUT2D eigenvalue weighted by Gasteiger charge is -2.37. The molecule has 2 unspecified atom stereocenters. The van der Waals surface area contributed by atoms with E-state index in [9.17, 15) is 20.4 Å². The number of amides is 2. The van der Waals surface area contributed by atoms with Crippen LogP contribution >= 0.6 is 0 Å². The van der Waals surface area contributed by atoms with Crippen molar-refractivity contribution < 1.29 is 9.90 Å². The number of aliphatic hydroxyl groups excluding tert-OH is 1. The van der Waals surface area contributed by atoms with Gasteiger partial charge in [0, 0.05) is 37.9 Å². The van der Waals surface area contributed by atoms with E-state index in [2.05, 4.69) is 28.4 Å². The van der Waals surface area contributed by atoms with Crippen molar-refractivity contribution in [1.82, 2.24) is 9.80 Å². The number of likely N-dealkylation sites (tertiary alicyclic amines) is 1. The van der Waals surface area contributed by atoms with Crippen LogP contribution in [0, 0.1) is 28.6 Å². The minimum Gasteiger partial charge on any atom is -0.392 e. The number of benzene rings is 2. The zero-order valence-electron chi connectivity index (χ0n) is 19.9. The maximum atomic E-state index is 13.5. The van der Waals surface area contributed by atoms with Gasteiger partial charge in [0.05, 0.1) is 29.4 Å². The summed E-state index contributed by atoms with van der Waals surface area (Å²) in [5.74, 6) is 0.515. The molecule has 1 saturated heterocycles. The standard InChI is InChI=1S/C28H31N5O2/c29-17-20-3-1-5-22(13-20)28-9-7-25(15-23(28)16-28)33(12-11-32-10-8-26(34)19-32)27(35)31-24-6-2-4-21(14-24)18-30/h1-6,13-14,23,25-26,34H,7-12,15-16,19H2,(H,31,35)/t23?,25?,26-,28-/m1/s1. The molecule has 2 aliphatic carbocycles. The average molecular weight is 470 g/mol. The molecule has 0 aromatic heterocycles. The molecule has 0 bridgehead atoms. The third kappa shape index (κ3) is 4.89. The Morgan fingerprint density at radius 1 is 1.14 bits per heavy atom. The summed E-state index contributed by atoms with van der Waals surface area (Å²) in [6.07, 6.45) is 4.48. The van der Waals surface area contributed by atoms with Crippen molar-refractivity contribution >= 4 is 11.7 Å². The van der Waals surface area contributed by atoms with Crippen LogP contribution in [-0.2, 0) is 5.41 Å². The first-order chi connectivity index (χ1) is 17.0. The number of hydrogen-bond acceptors (Lipinski definition) is 5. The van der Waals surface area contributed by atoms with Gasteiger partial charge in [-0.2, -0.15) is 10.5 Å². The Hall–Kier alpha value is -3.39. The van der Waals surface area contributed by atoms with E-state index >= 15 is 0 Å². The lowest BCUT2D eigenvalue weighted by Crippen LogP contribution is -2.48. The van der Waals surface area contributed by atoms with E-state index in [0.29, 0.717) is 35.8 Å². The number of nitrogens with zero attached hydrogens (tertiary/aromatic N) is 4. The van der Waals surface area contributed by atoms with Crippen LogP contribution in [0.25, 0.3) is 0 Å². The fourth-order valence-electron chi connectivity index (χ4n) is 6.12. The first-order valence-electron chi connectivity index (χ1n) is 12.5. The van der Waals surface area contributed by atoms with Gasteiger partial charge in [0.25, 0.3) is 0 Å². The van der Waals surface area contributed by atoms with Crippen molar-refractivity contribution in [2.75, 3.05) is 31.5 Å². The molecule has 3 aliphatic rings. The van der Waals surface area contributed by atoms with Crippen LogP contribution < -0.4 is 5.32 Å². The second kappa shape index (κ2) is 9.70. The van der Waals surface area contributed by atoms with Gasteiger partial charge >= 0.3 is 6.03 Å². The molecule has 2 saturated carbocycles. The van der Waals surface area contributed by atoms with Crippen molar-refractivity contribution in [1.29, 1.82) is 10.5 Å². The van der Waals surface area contributed by atoms with Crippen LogP contribution in [0.1, 0.15) is 48.8 Å². The van der Waals surface area contributed by atoms with Gasteiger partial charge in [0.2, 0.25) is 0 Å². The van der Waals surface area contributed by atoms with Gasteiger partial charge < -0.3 is 15.3 Å². The molecule has 7 nitrogen and oxygen atoms in total. The number of aliphatic hydroxyl groups is 1. The van der Waals surface area contributed by atoms with E-state index in [1.807, 2.05) is 29.2 Å². The van der Waals surface area contributed by atoms with Crippen LogP contribution in [0.15, 0.2) is 48.5 Å². The maximum Gasteiger partial charge on any atom is 0.322 e. The summed E-state index contributed by atoms with van der Waals surface area (Å²) >= 11 is 0. The number of rotatable bonds is 6. The monoisotopic (exact) mass is 469 g/mol. The van der Waals surface area contributed by atoms with Crippen molar-refractivity contribution in [2.45, 2.75) is 49.7 Å². The molecule has 5 rings (SSSR count). The molecule has 35 heavy (non-hydrogen) atoms. The molecule has 1 aliphatic heterocycles. The Morgan fingerprint density at radius 2 is 1.91 bits per heavy atom. The summed E-state index contributed by atoms with van der Waals surface area (Å²) in [4.78, 5) is 17.7. The zero-order chi connectivity index (χ0) is 24.4. The second-order valence-corrected chi connectivity index (χ2v) is 10.2. The highest BCUT2D eigenvalue weighted by Gasteiger charge is 2.58. The Morgan fingerprint density at radius 3 is 2.63 bits per heavy atom. The molecule has 4 atom stereocenters. The molecule has 2 amide bonds. The topological polar surface area (TPSA) is 103 Å².